The van der Waals surface area contributed by atoms with E-state index in [1.807, 2.05) is 19.9 Å². The molecular weight excluding hydrogens is 424 g/mol. The third-order valence-electron chi connectivity index (χ3n) is 12.6. The molecule has 0 amide bonds. The summed E-state index contributed by atoms with van der Waals surface area (Å²) in [5.41, 5.74) is -0.110. The minimum absolute atomic E-state index is 0.00896. The normalized spacial score (nSPS) is 50.1. The highest BCUT2D eigenvalue weighted by atomic mass is 16.3. The predicted molar refractivity (Wildman–Crippen MR) is 137 cm³/mol. The van der Waals surface area contributed by atoms with Crippen LogP contribution in [0, 0.1) is 45.3 Å². The standard InChI is InChI=1S/C30H52O4/c1-19(18-31)9-8-14-29(6,34)23-12-16-28(5)20-10-11-22-26(2,3)24(32)13-15-27(22,4)21(20)17-25(33)30(23,28)7/h9,20-25,31-34H,8,10-18H2,1-7H3/b19-9-/t20?,21?,22?,23?,24?,25?,27?,28-,29?,30?/m0/s1. The van der Waals surface area contributed by atoms with Gasteiger partial charge in [-0.05, 0) is 112 Å². The number of hydrogen-bond acceptors (Lipinski definition) is 4. The third-order valence-corrected chi connectivity index (χ3v) is 12.6. The quantitative estimate of drug-likeness (QED) is 0.397. The van der Waals surface area contributed by atoms with Crippen molar-refractivity contribution < 1.29 is 20.4 Å². The van der Waals surface area contributed by atoms with Crippen molar-refractivity contribution in [3.8, 4) is 0 Å². The molecule has 4 aliphatic carbocycles. The number of hydrogen-bond donors (Lipinski definition) is 4. The van der Waals surface area contributed by atoms with Crippen LogP contribution in [0.5, 0.6) is 0 Å². The minimum atomic E-state index is -0.843. The first kappa shape index (κ1) is 26.6. The van der Waals surface area contributed by atoms with Crippen LogP contribution < -0.4 is 0 Å². The van der Waals surface area contributed by atoms with Gasteiger partial charge in [0.1, 0.15) is 0 Å². The summed E-state index contributed by atoms with van der Waals surface area (Å²) in [5.74, 6) is 1.60. The van der Waals surface area contributed by atoms with Crippen molar-refractivity contribution >= 4 is 0 Å². The van der Waals surface area contributed by atoms with Crippen molar-refractivity contribution in [3.63, 3.8) is 0 Å². The smallest absolute Gasteiger partial charge is 0.0657 e. The Kier molecular flexibility index (Phi) is 6.71. The number of allylic oxidation sites excluding steroid dienone is 1. The second-order valence-corrected chi connectivity index (χ2v) is 14.4. The first-order valence-electron chi connectivity index (χ1n) is 14.0. The zero-order valence-electron chi connectivity index (χ0n) is 22.9. The fourth-order valence-corrected chi connectivity index (χ4v) is 10.3. The second-order valence-electron chi connectivity index (χ2n) is 14.4. The maximum atomic E-state index is 11.9. The van der Waals surface area contributed by atoms with Crippen LogP contribution in [0.25, 0.3) is 0 Å². The number of aliphatic hydroxyl groups is 4. The molecule has 10 atom stereocenters. The van der Waals surface area contributed by atoms with Crippen molar-refractivity contribution in [3.05, 3.63) is 11.6 Å². The summed E-state index contributed by atoms with van der Waals surface area (Å²) in [4.78, 5) is 0. The SMILES string of the molecule is C/C(=C/CCC(C)(O)C1CC[C@@]2(C)C3CCC4C(C)(C)C(O)CCC4(C)C3CC(O)C12C)CO. The van der Waals surface area contributed by atoms with Gasteiger partial charge in [0.15, 0.2) is 0 Å². The van der Waals surface area contributed by atoms with Gasteiger partial charge in [0.2, 0.25) is 0 Å². The molecule has 4 nitrogen and oxygen atoms in total. The van der Waals surface area contributed by atoms with E-state index in [9.17, 15) is 20.4 Å². The fourth-order valence-electron chi connectivity index (χ4n) is 10.3. The Morgan fingerprint density at radius 2 is 1.62 bits per heavy atom. The van der Waals surface area contributed by atoms with Gasteiger partial charge in [0.25, 0.3) is 0 Å². The van der Waals surface area contributed by atoms with Crippen LogP contribution in [0.2, 0.25) is 0 Å². The van der Waals surface area contributed by atoms with Gasteiger partial charge < -0.3 is 20.4 Å². The van der Waals surface area contributed by atoms with Gasteiger partial charge >= 0.3 is 0 Å². The molecule has 4 aliphatic rings. The van der Waals surface area contributed by atoms with Crippen molar-refractivity contribution in [1.82, 2.24) is 0 Å². The first-order valence-corrected chi connectivity index (χ1v) is 14.0. The number of fused-ring (bicyclic) bond motifs is 5. The molecule has 9 unspecified atom stereocenters. The maximum Gasteiger partial charge on any atom is 0.0657 e. The zero-order chi connectivity index (χ0) is 25.3. The average Bonchev–Trinajstić information content (AvgIpc) is 3.05. The summed E-state index contributed by atoms with van der Waals surface area (Å²) < 4.78 is 0. The van der Waals surface area contributed by atoms with E-state index in [1.165, 1.54) is 6.42 Å². The predicted octanol–water partition coefficient (Wildman–Crippen LogP) is 5.47. The van der Waals surface area contributed by atoms with Gasteiger partial charge in [-0.3, -0.25) is 0 Å². The van der Waals surface area contributed by atoms with E-state index in [4.69, 9.17) is 0 Å². The highest BCUT2D eigenvalue weighted by molar-refractivity contribution is 5.20. The second kappa shape index (κ2) is 8.57. The molecule has 4 rings (SSSR count). The molecule has 0 aromatic rings. The summed E-state index contributed by atoms with van der Waals surface area (Å²) in [5, 5.41) is 43.8. The topological polar surface area (TPSA) is 80.9 Å². The highest BCUT2D eigenvalue weighted by Crippen LogP contribution is 2.74. The summed E-state index contributed by atoms with van der Waals surface area (Å²) >= 11 is 0. The van der Waals surface area contributed by atoms with Crippen molar-refractivity contribution in [2.75, 3.05) is 6.61 Å². The molecule has 0 aromatic carbocycles. The molecule has 4 fully saturated rings. The minimum Gasteiger partial charge on any atom is -0.393 e. The molecule has 4 N–H and O–H groups in total. The molecule has 0 bridgehead atoms. The maximum absolute atomic E-state index is 11.9. The zero-order valence-corrected chi connectivity index (χ0v) is 22.9. The largest absolute Gasteiger partial charge is 0.393 e. The van der Waals surface area contributed by atoms with Crippen LogP contribution in [-0.2, 0) is 0 Å². The van der Waals surface area contributed by atoms with Crippen molar-refractivity contribution in [2.24, 2.45) is 45.3 Å². The van der Waals surface area contributed by atoms with Crippen molar-refractivity contribution in [1.29, 1.82) is 0 Å². The number of aliphatic hydroxyl groups excluding tert-OH is 3. The lowest BCUT2D eigenvalue weighted by Crippen LogP contribution is -2.66. The lowest BCUT2D eigenvalue weighted by molar-refractivity contribution is -0.240. The van der Waals surface area contributed by atoms with Crippen LogP contribution in [0.4, 0.5) is 0 Å². The molecule has 0 heterocycles. The van der Waals surface area contributed by atoms with Crippen LogP contribution >= 0.6 is 0 Å². The molecule has 34 heavy (non-hydrogen) atoms. The lowest BCUT2D eigenvalue weighted by Gasteiger charge is -2.68. The molecule has 0 spiro atoms. The van der Waals surface area contributed by atoms with Crippen molar-refractivity contribution in [2.45, 2.75) is 124 Å². The van der Waals surface area contributed by atoms with Crippen LogP contribution in [0.3, 0.4) is 0 Å². The Bertz CT molecular complexity index is 802. The lowest BCUT2D eigenvalue weighted by atomic mass is 9.37. The van der Waals surface area contributed by atoms with Gasteiger partial charge in [-0.1, -0.05) is 46.3 Å². The molecule has 4 saturated carbocycles. The Hall–Kier alpha value is -0.420. The van der Waals surface area contributed by atoms with Crippen LogP contribution in [-0.4, -0.2) is 44.8 Å². The van der Waals surface area contributed by atoms with E-state index < -0.39 is 11.7 Å². The Labute approximate surface area is 208 Å². The van der Waals surface area contributed by atoms with Crippen LogP contribution in [0.15, 0.2) is 11.6 Å². The van der Waals surface area contributed by atoms with Gasteiger partial charge in [-0.15, -0.1) is 0 Å². The highest BCUT2D eigenvalue weighted by Gasteiger charge is 2.71. The molecule has 0 radical (unpaired) electrons. The summed E-state index contributed by atoms with van der Waals surface area (Å²) in [6.45, 7) is 15.7. The summed E-state index contributed by atoms with van der Waals surface area (Å²) in [6.07, 6.45) is 9.92. The molecule has 196 valence electrons. The van der Waals surface area contributed by atoms with E-state index in [2.05, 4.69) is 34.6 Å². The summed E-state index contributed by atoms with van der Waals surface area (Å²) in [6, 6.07) is 0. The molecular formula is C30H52O4. The van der Waals surface area contributed by atoms with E-state index >= 15 is 0 Å². The van der Waals surface area contributed by atoms with Gasteiger partial charge in [0, 0.05) is 5.41 Å². The average molecular weight is 477 g/mol. The van der Waals surface area contributed by atoms with E-state index in [0.29, 0.717) is 24.2 Å². The Morgan fingerprint density at radius 3 is 2.26 bits per heavy atom. The van der Waals surface area contributed by atoms with Gasteiger partial charge in [-0.2, -0.15) is 0 Å². The third kappa shape index (κ3) is 3.60. The van der Waals surface area contributed by atoms with E-state index in [0.717, 1.165) is 50.5 Å². The van der Waals surface area contributed by atoms with Crippen LogP contribution in [0.1, 0.15) is 106 Å². The van der Waals surface area contributed by atoms with Gasteiger partial charge in [0.05, 0.1) is 24.4 Å². The Morgan fingerprint density at radius 1 is 0.941 bits per heavy atom. The van der Waals surface area contributed by atoms with E-state index in [1.54, 1.807) is 0 Å². The fraction of sp³-hybridized carbons (Fsp3) is 0.933. The monoisotopic (exact) mass is 476 g/mol. The molecule has 0 aliphatic heterocycles. The molecule has 0 saturated heterocycles. The molecule has 4 heteroatoms. The Balaban J connectivity index is 1.64. The van der Waals surface area contributed by atoms with Gasteiger partial charge in [-0.25, -0.2) is 0 Å². The first-order chi connectivity index (χ1) is 15.7. The summed E-state index contributed by atoms with van der Waals surface area (Å²) in [7, 11) is 0. The number of rotatable bonds is 5. The van der Waals surface area contributed by atoms with E-state index in [-0.39, 0.29) is 40.3 Å². The molecule has 0 aromatic heterocycles.